The summed E-state index contributed by atoms with van der Waals surface area (Å²) < 4.78 is 5.50. The topological polar surface area (TPSA) is 101 Å². The predicted molar refractivity (Wildman–Crippen MR) is 79.0 cm³/mol. The maximum atomic E-state index is 12.7. The summed E-state index contributed by atoms with van der Waals surface area (Å²) in [5.41, 5.74) is 5.86. The van der Waals surface area contributed by atoms with Crippen LogP contribution in [-0.4, -0.2) is 17.0 Å². The Morgan fingerprint density at radius 3 is 2.57 bits per heavy atom. The predicted octanol–water partition coefficient (Wildman–Crippen LogP) is 2.38. The van der Waals surface area contributed by atoms with E-state index in [9.17, 15) is 4.79 Å². The maximum absolute atomic E-state index is 12.7. The van der Waals surface area contributed by atoms with Gasteiger partial charge in [-0.2, -0.15) is 0 Å². The first-order valence-corrected chi connectivity index (χ1v) is 7.26. The van der Waals surface area contributed by atoms with E-state index >= 15 is 0 Å². The molecule has 1 amide bonds. The number of amidine groups is 1. The molecular weight excluding hydrogens is 270 g/mol. The highest BCUT2D eigenvalue weighted by Crippen LogP contribution is 2.39. The first kappa shape index (κ1) is 15.4. The van der Waals surface area contributed by atoms with Gasteiger partial charge >= 0.3 is 0 Å². The number of amides is 1. The molecule has 1 aromatic heterocycles. The van der Waals surface area contributed by atoms with Gasteiger partial charge in [0.25, 0.3) is 0 Å². The molecule has 6 nitrogen and oxygen atoms in total. The van der Waals surface area contributed by atoms with Crippen molar-refractivity contribution in [3.05, 3.63) is 23.2 Å². The van der Waals surface area contributed by atoms with Gasteiger partial charge in [0.15, 0.2) is 5.84 Å². The van der Waals surface area contributed by atoms with Gasteiger partial charge in [0.05, 0.1) is 6.04 Å². The molecule has 0 bridgehead atoms. The van der Waals surface area contributed by atoms with Gasteiger partial charge < -0.3 is 20.7 Å². The Morgan fingerprint density at radius 2 is 2.10 bits per heavy atom. The summed E-state index contributed by atoms with van der Waals surface area (Å²) in [6, 6.07) is 1.74. The summed E-state index contributed by atoms with van der Waals surface area (Å²) in [7, 11) is 0. The minimum atomic E-state index is -0.879. The van der Waals surface area contributed by atoms with Gasteiger partial charge in [-0.25, -0.2) is 0 Å². The van der Waals surface area contributed by atoms with E-state index in [4.69, 9.17) is 15.4 Å². The van der Waals surface area contributed by atoms with Gasteiger partial charge in [0, 0.05) is 5.56 Å². The van der Waals surface area contributed by atoms with Crippen LogP contribution in [0.25, 0.3) is 0 Å². The fourth-order valence-electron chi connectivity index (χ4n) is 3.17. The van der Waals surface area contributed by atoms with E-state index in [2.05, 4.69) is 10.5 Å². The fourth-order valence-corrected chi connectivity index (χ4v) is 3.17. The number of nitrogens with one attached hydrogen (secondary N) is 1. The third-order valence-electron chi connectivity index (χ3n) is 4.38. The Balaban J connectivity index is 2.18. The summed E-state index contributed by atoms with van der Waals surface area (Å²) in [6.45, 7) is 5.66. The molecule has 2 rings (SSSR count). The molecule has 1 atom stereocenters. The largest absolute Gasteiger partial charge is 0.466 e. The Morgan fingerprint density at radius 1 is 1.48 bits per heavy atom. The van der Waals surface area contributed by atoms with Crippen LogP contribution in [-0.2, 0) is 4.79 Å². The van der Waals surface area contributed by atoms with Crippen molar-refractivity contribution in [3.63, 3.8) is 0 Å². The lowest BCUT2D eigenvalue weighted by atomic mass is 9.83. The maximum Gasteiger partial charge on any atom is 0.234 e. The number of nitrogens with zero attached hydrogens (tertiary/aromatic N) is 1. The summed E-state index contributed by atoms with van der Waals surface area (Å²) in [5.74, 6) is 1.44. The number of carbonyl (C=O) groups is 1. The smallest absolute Gasteiger partial charge is 0.234 e. The molecule has 6 heteroatoms. The third-order valence-corrected chi connectivity index (χ3v) is 4.38. The van der Waals surface area contributed by atoms with Crippen LogP contribution in [0, 0.1) is 19.3 Å². The molecule has 0 spiro atoms. The normalized spacial score (nSPS) is 19.5. The number of hydrogen-bond acceptors (Lipinski definition) is 4. The minimum Gasteiger partial charge on any atom is -0.466 e. The second-order valence-corrected chi connectivity index (χ2v) is 5.84. The lowest BCUT2D eigenvalue weighted by Crippen LogP contribution is -2.48. The number of nitrogens with two attached hydrogens (primary N) is 1. The van der Waals surface area contributed by atoms with Crippen LogP contribution in [0.4, 0.5) is 0 Å². The standard InChI is InChI=1S/C15H23N3O3/c1-9-8-12(11(3)21-9)10(2)17-14(19)15(13(16)18-20)6-4-5-7-15/h8,10,20H,4-7H2,1-3H3,(H2,16,18)(H,17,19). The van der Waals surface area contributed by atoms with Crippen LogP contribution in [0.5, 0.6) is 0 Å². The van der Waals surface area contributed by atoms with E-state index < -0.39 is 5.41 Å². The number of oxime groups is 1. The molecule has 1 heterocycles. The van der Waals surface area contributed by atoms with E-state index in [0.29, 0.717) is 12.8 Å². The van der Waals surface area contributed by atoms with Crippen LogP contribution < -0.4 is 11.1 Å². The Bertz CT molecular complexity index is 557. The van der Waals surface area contributed by atoms with Crippen molar-refractivity contribution < 1.29 is 14.4 Å². The molecule has 1 unspecified atom stereocenters. The van der Waals surface area contributed by atoms with Crippen LogP contribution in [0.3, 0.4) is 0 Å². The van der Waals surface area contributed by atoms with Crippen LogP contribution >= 0.6 is 0 Å². The Hall–Kier alpha value is -1.98. The Labute approximate surface area is 124 Å². The van der Waals surface area contributed by atoms with E-state index in [1.807, 2.05) is 26.8 Å². The molecule has 0 aromatic carbocycles. The van der Waals surface area contributed by atoms with E-state index in [-0.39, 0.29) is 17.8 Å². The summed E-state index contributed by atoms with van der Waals surface area (Å²) in [5, 5.41) is 15.0. The zero-order chi connectivity index (χ0) is 15.6. The quantitative estimate of drug-likeness (QED) is 0.343. The molecule has 1 aliphatic carbocycles. The van der Waals surface area contributed by atoms with Crippen molar-refractivity contribution in [1.82, 2.24) is 5.32 Å². The molecule has 0 saturated heterocycles. The molecule has 21 heavy (non-hydrogen) atoms. The van der Waals surface area contributed by atoms with Crippen LogP contribution in [0.2, 0.25) is 0 Å². The van der Waals surface area contributed by atoms with Gasteiger partial charge in [-0.15, -0.1) is 0 Å². The second kappa shape index (κ2) is 5.79. The zero-order valence-electron chi connectivity index (χ0n) is 12.8. The monoisotopic (exact) mass is 293 g/mol. The molecule has 4 N–H and O–H groups in total. The molecule has 0 radical (unpaired) electrons. The van der Waals surface area contributed by atoms with Crippen LogP contribution in [0.1, 0.15) is 55.7 Å². The lowest BCUT2D eigenvalue weighted by Gasteiger charge is -2.28. The van der Waals surface area contributed by atoms with Gasteiger partial charge in [0.1, 0.15) is 16.9 Å². The molecule has 1 aromatic rings. The fraction of sp³-hybridized carbons (Fsp3) is 0.600. The van der Waals surface area contributed by atoms with Gasteiger partial charge in [-0.3, -0.25) is 4.79 Å². The highest BCUT2D eigenvalue weighted by Gasteiger charge is 2.45. The molecule has 116 valence electrons. The third kappa shape index (κ3) is 2.75. The van der Waals surface area contributed by atoms with Gasteiger partial charge in [-0.1, -0.05) is 18.0 Å². The highest BCUT2D eigenvalue weighted by atomic mass is 16.4. The summed E-state index contributed by atoms with van der Waals surface area (Å²) in [6.07, 6.45) is 3.04. The first-order valence-electron chi connectivity index (χ1n) is 7.26. The van der Waals surface area contributed by atoms with E-state index in [1.54, 1.807) is 0 Å². The van der Waals surface area contributed by atoms with Crippen molar-refractivity contribution in [2.45, 2.75) is 52.5 Å². The number of carbonyl (C=O) groups excluding carboxylic acids is 1. The number of aryl methyl sites for hydroxylation is 2. The summed E-state index contributed by atoms with van der Waals surface area (Å²) >= 11 is 0. The minimum absolute atomic E-state index is 0.00444. The van der Waals surface area contributed by atoms with Crippen molar-refractivity contribution in [3.8, 4) is 0 Å². The zero-order valence-corrected chi connectivity index (χ0v) is 12.8. The first-order chi connectivity index (χ1) is 9.90. The highest BCUT2D eigenvalue weighted by molar-refractivity contribution is 6.07. The van der Waals surface area contributed by atoms with E-state index in [0.717, 1.165) is 29.9 Å². The number of hydrogen-bond donors (Lipinski definition) is 3. The molecule has 1 saturated carbocycles. The average molecular weight is 293 g/mol. The van der Waals surface area contributed by atoms with E-state index in [1.165, 1.54) is 0 Å². The number of furan rings is 1. The molecule has 1 fully saturated rings. The SMILES string of the molecule is Cc1cc(C(C)NC(=O)C2(C(N)=NO)CCCC2)c(C)o1. The van der Waals surface area contributed by atoms with Gasteiger partial charge in [0.2, 0.25) is 5.91 Å². The lowest BCUT2D eigenvalue weighted by molar-refractivity contribution is -0.128. The van der Waals surface area contributed by atoms with Crippen molar-refractivity contribution in [2.24, 2.45) is 16.3 Å². The van der Waals surface area contributed by atoms with Crippen molar-refractivity contribution in [2.75, 3.05) is 0 Å². The van der Waals surface area contributed by atoms with Crippen molar-refractivity contribution in [1.29, 1.82) is 0 Å². The average Bonchev–Trinajstić information content (AvgIpc) is 3.05. The molecule has 1 aliphatic rings. The van der Waals surface area contributed by atoms with Gasteiger partial charge in [-0.05, 0) is 39.7 Å². The van der Waals surface area contributed by atoms with Crippen molar-refractivity contribution >= 4 is 11.7 Å². The summed E-state index contributed by atoms with van der Waals surface area (Å²) in [4.78, 5) is 12.7. The van der Waals surface area contributed by atoms with Crippen LogP contribution in [0.15, 0.2) is 15.6 Å². The molecular formula is C15H23N3O3. The Kier molecular flexibility index (Phi) is 4.25. The number of rotatable bonds is 4. The molecule has 0 aliphatic heterocycles. The second-order valence-electron chi connectivity index (χ2n) is 5.84.